The van der Waals surface area contributed by atoms with Gasteiger partial charge in [0, 0.05) is 10.3 Å². The topological polar surface area (TPSA) is 78.0 Å². The number of nitrogens with zero attached hydrogens (tertiary/aromatic N) is 6. The van der Waals surface area contributed by atoms with Gasteiger partial charge in [0.15, 0.2) is 0 Å². The molecule has 4 heterocycles. The zero-order valence-corrected chi connectivity index (χ0v) is 21.9. The van der Waals surface area contributed by atoms with Gasteiger partial charge in [0.1, 0.15) is 16.2 Å². The minimum absolute atomic E-state index is 0.0904. The van der Waals surface area contributed by atoms with E-state index >= 15 is 0 Å². The Morgan fingerprint density at radius 2 is 1.66 bits per heavy atom. The summed E-state index contributed by atoms with van der Waals surface area (Å²) < 4.78 is 3.64. The van der Waals surface area contributed by atoms with Gasteiger partial charge in [-0.15, -0.1) is 21.5 Å². The number of para-hydroxylation sites is 1. The number of fused-ring (bicyclic) bond motifs is 4. The van der Waals surface area contributed by atoms with E-state index in [4.69, 9.17) is 0 Å². The van der Waals surface area contributed by atoms with Crippen molar-refractivity contribution in [2.24, 2.45) is 0 Å². The molecule has 0 unspecified atom stereocenters. The molecular formula is C29H20N6OS2. The molecule has 0 fully saturated rings. The molecule has 0 aliphatic heterocycles. The molecule has 0 amide bonds. The van der Waals surface area contributed by atoms with Crippen molar-refractivity contribution < 1.29 is 0 Å². The van der Waals surface area contributed by atoms with Crippen LogP contribution in [-0.2, 0) is 6.54 Å². The normalized spacial score (nSPS) is 11.6. The van der Waals surface area contributed by atoms with Gasteiger partial charge < -0.3 is 0 Å². The van der Waals surface area contributed by atoms with Crippen molar-refractivity contribution in [1.29, 1.82) is 0 Å². The summed E-state index contributed by atoms with van der Waals surface area (Å²) in [5.74, 6) is 0.498. The Morgan fingerprint density at radius 1 is 0.868 bits per heavy atom. The van der Waals surface area contributed by atoms with E-state index in [2.05, 4.69) is 50.5 Å². The lowest BCUT2D eigenvalue weighted by Crippen LogP contribution is -2.24. The highest BCUT2D eigenvalue weighted by Crippen LogP contribution is 2.38. The molecule has 0 N–H and O–H groups in total. The van der Waals surface area contributed by atoms with Crippen molar-refractivity contribution in [3.63, 3.8) is 0 Å². The molecule has 9 heteroatoms. The number of hydrogen-bond donors (Lipinski definition) is 0. The van der Waals surface area contributed by atoms with Gasteiger partial charge in [-0.3, -0.25) is 13.8 Å². The maximum absolute atomic E-state index is 13.5. The highest BCUT2D eigenvalue weighted by atomic mass is 32.2. The van der Waals surface area contributed by atoms with Crippen LogP contribution < -0.4 is 5.56 Å². The summed E-state index contributed by atoms with van der Waals surface area (Å²) in [6.07, 6.45) is 1.59. The third kappa shape index (κ3) is 3.87. The van der Waals surface area contributed by atoms with E-state index in [0.717, 1.165) is 36.8 Å². The summed E-state index contributed by atoms with van der Waals surface area (Å²) in [7, 11) is 0. The van der Waals surface area contributed by atoms with E-state index in [1.807, 2.05) is 65.9 Å². The number of aryl methyl sites for hydroxylation is 1. The van der Waals surface area contributed by atoms with Gasteiger partial charge >= 0.3 is 0 Å². The first-order valence-electron chi connectivity index (χ1n) is 12.1. The molecule has 4 aromatic heterocycles. The summed E-state index contributed by atoms with van der Waals surface area (Å²) in [6, 6.07) is 28.2. The van der Waals surface area contributed by atoms with Crippen LogP contribution in [-0.4, -0.2) is 29.1 Å². The predicted molar refractivity (Wildman–Crippen MR) is 152 cm³/mol. The second-order valence-electron chi connectivity index (χ2n) is 8.99. The fraction of sp³-hybridized carbons (Fsp3) is 0.0690. The van der Waals surface area contributed by atoms with Gasteiger partial charge in [0.2, 0.25) is 10.9 Å². The Kier molecular flexibility index (Phi) is 5.52. The molecule has 7 aromatic rings. The average Bonchev–Trinajstić information content (AvgIpc) is 3.58. The summed E-state index contributed by atoms with van der Waals surface area (Å²) in [6.45, 7) is 2.45. The van der Waals surface area contributed by atoms with Crippen LogP contribution in [0.25, 0.3) is 37.3 Å². The van der Waals surface area contributed by atoms with Gasteiger partial charge in [-0.05, 0) is 48.0 Å². The smallest absolute Gasteiger partial charge is 0.263 e. The van der Waals surface area contributed by atoms with E-state index < -0.39 is 0 Å². The van der Waals surface area contributed by atoms with Crippen LogP contribution in [0, 0.1) is 6.92 Å². The summed E-state index contributed by atoms with van der Waals surface area (Å²) in [5.41, 5.74) is 4.01. The molecule has 7 nitrogen and oxygen atoms in total. The molecule has 0 aliphatic carbocycles. The van der Waals surface area contributed by atoms with Crippen LogP contribution in [0.15, 0.2) is 106 Å². The molecule has 0 aliphatic rings. The molecular weight excluding hydrogens is 512 g/mol. The summed E-state index contributed by atoms with van der Waals surface area (Å²) in [5, 5.41) is 12.0. The molecule has 0 bridgehead atoms. The first-order chi connectivity index (χ1) is 18.7. The maximum Gasteiger partial charge on any atom is 0.263 e. The predicted octanol–water partition coefficient (Wildman–Crippen LogP) is 6.22. The quantitative estimate of drug-likeness (QED) is 0.245. The van der Waals surface area contributed by atoms with Gasteiger partial charge in [0.05, 0.1) is 17.4 Å². The number of thiophene rings is 1. The Morgan fingerprint density at radius 3 is 2.50 bits per heavy atom. The second-order valence-corrected chi connectivity index (χ2v) is 11.0. The lowest BCUT2D eigenvalue weighted by atomic mass is 10.1. The zero-order valence-electron chi connectivity index (χ0n) is 20.3. The van der Waals surface area contributed by atoms with E-state index in [1.54, 1.807) is 22.2 Å². The minimum Gasteiger partial charge on any atom is -0.272 e. The minimum atomic E-state index is -0.0904. The SMILES string of the molecule is Cc1ccc(Cn2c(=O)c3ccccc3n3c(Sc4ncnc5sc(-c6ccccc6)cc45)nnc23)cc1. The number of rotatable bonds is 5. The Bertz CT molecular complexity index is 2010. The monoisotopic (exact) mass is 532 g/mol. The van der Waals surface area contributed by atoms with Gasteiger partial charge in [-0.1, -0.05) is 72.3 Å². The third-order valence-electron chi connectivity index (χ3n) is 6.48. The standard InChI is InChI=1S/C29H20N6OS2/c1-18-11-13-19(14-12-18)16-34-27(36)21-9-5-6-10-23(21)35-28(34)32-33-29(35)38-26-22-15-24(20-7-3-2-4-8-20)37-25(22)30-17-31-26/h2-15,17H,16H2,1H3. The van der Waals surface area contributed by atoms with Crippen molar-refractivity contribution in [1.82, 2.24) is 29.1 Å². The molecule has 0 saturated carbocycles. The molecule has 184 valence electrons. The molecule has 0 spiro atoms. The number of aromatic nitrogens is 6. The van der Waals surface area contributed by atoms with Crippen molar-refractivity contribution in [3.8, 4) is 10.4 Å². The Balaban J connectivity index is 1.38. The van der Waals surface area contributed by atoms with E-state index in [-0.39, 0.29) is 5.56 Å². The van der Waals surface area contributed by atoms with Crippen LogP contribution in [0.4, 0.5) is 0 Å². The van der Waals surface area contributed by atoms with Crippen LogP contribution in [0.1, 0.15) is 11.1 Å². The number of benzene rings is 3. The Hall–Kier alpha value is -4.34. The third-order valence-corrected chi connectivity index (χ3v) is 8.54. The van der Waals surface area contributed by atoms with E-state index in [9.17, 15) is 4.79 Å². The summed E-state index contributed by atoms with van der Waals surface area (Å²) >= 11 is 3.07. The molecule has 0 saturated heterocycles. The fourth-order valence-corrected chi connectivity index (χ4v) is 6.52. The zero-order chi connectivity index (χ0) is 25.6. The lowest BCUT2D eigenvalue weighted by molar-refractivity contribution is 0.763. The molecule has 0 atom stereocenters. The van der Waals surface area contributed by atoms with Crippen LogP contribution in [0.5, 0.6) is 0 Å². The largest absolute Gasteiger partial charge is 0.272 e. The van der Waals surface area contributed by atoms with Gasteiger partial charge in [-0.25, -0.2) is 9.97 Å². The average molecular weight is 533 g/mol. The highest BCUT2D eigenvalue weighted by Gasteiger charge is 2.19. The van der Waals surface area contributed by atoms with Crippen molar-refractivity contribution in [3.05, 3.63) is 113 Å². The van der Waals surface area contributed by atoms with Crippen LogP contribution >= 0.6 is 23.1 Å². The second kappa shape index (κ2) is 9.20. The van der Waals surface area contributed by atoms with Crippen molar-refractivity contribution in [2.45, 2.75) is 23.7 Å². The van der Waals surface area contributed by atoms with Gasteiger partial charge in [0.25, 0.3) is 5.56 Å². The lowest BCUT2D eigenvalue weighted by Gasteiger charge is -2.11. The first-order valence-corrected chi connectivity index (χ1v) is 13.7. The number of hydrogen-bond acceptors (Lipinski definition) is 7. The molecule has 0 radical (unpaired) electrons. The fourth-order valence-electron chi connectivity index (χ4n) is 4.56. The van der Waals surface area contributed by atoms with Crippen LogP contribution in [0.2, 0.25) is 0 Å². The van der Waals surface area contributed by atoms with E-state index in [1.165, 1.54) is 17.3 Å². The van der Waals surface area contributed by atoms with Gasteiger partial charge in [-0.2, -0.15) is 0 Å². The molecule has 7 rings (SSSR count). The van der Waals surface area contributed by atoms with E-state index in [0.29, 0.717) is 22.9 Å². The first kappa shape index (κ1) is 22.8. The van der Waals surface area contributed by atoms with Crippen molar-refractivity contribution in [2.75, 3.05) is 0 Å². The highest BCUT2D eigenvalue weighted by molar-refractivity contribution is 7.99. The summed E-state index contributed by atoms with van der Waals surface area (Å²) in [4.78, 5) is 24.7. The molecule has 3 aromatic carbocycles. The van der Waals surface area contributed by atoms with Crippen molar-refractivity contribution >= 4 is 50.0 Å². The Labute approximate surface area is 225 Å². The van der Waals surface area contributed by atoms with Crippen LogP contribution in [0.3, 0.4) is 0 Å². The maximum atomic E-state index is 13.5. The molecule has 38 heavy (non-hydrogen) atoms.